The van der Waals surface area contributed by atoms with Crippen molar-refractivity contribution in [3.63, 3.8) is 0 Å². The van der Waals surface area contributed by atoms with E-state index in [2.05, 4.69) is 26.3 Å². The second kappa shape index (κ2) is 6.60. The van der Waals surface area contributed by atoms with E-state index in [1.165, 1.54) is 0 Å². The van der Waals surface area contributed by atoms with E-state index in [-0.39, 0.29) is 5.91 Å². The first-order valence-corrected chi connectivity index (χ1v) is 8.03. The maximum Gasteiger partial charge on any atom is 0.287 e. The highest BCUT2D eigenvalue weighted by Crippen LogP contribution is 2.19. The zero-order chi connectivity index (χ0) is 16.4. The lowest BCUT2D eigenvalue weighted by molar-refractivity contribution is 0.0921. The summed E-state index contributed by atoms with van der Waals surface area (Å²) in [5.41, 5.74) is 2.57. The minimum absolute atomic E-state index is 0.257. The van der Waals surface area contributed by atoms with Crippen molar-refractivity contribution in [1.82, 2.24) is 15.1 Å². The first kappa shape index (κ1) is 15.8. The van der Waals surface area contributed by atoms with Gasteiger partial charge in [-0.15, -0.1) is 0 Å². The number of benzene rings is 1. The van der Waals surface area contributed by atoms with Crippen LogP contribution < -0.4 is 5.32 Å². The summed E-state index contributed by atoms with van der Waals surface area (Å²) in [7, 11) is 0. The number of hydrogen-bond donors (Lipinski definition) is 1. The molecular formula is C16H13BrClN3O2. The van der Waals surface area contributed by atoms with Crippen LogP contribution in [-0.4, -0.2) is 15.7 Å². The molecule has 2 aromatic heterocycles. The Hall–Kier alpha value is -2.05. The molecule has 0 aliphatic carbocycles. The van der Waals surface area contributed by atoms with E-state index in [1.54, 1.807) is 29.1 Å². The van der Waals surface area contributed by atoms with Crippen molar-refractivity contribution in [2.24, 2.45) is 0 Å². The van der Waals surface area contributed by atoms with E-state index in [0.29, 0.717) is 22.0 Å². The number of hydrogen-bond acceptors (Lipinski definition) is 3. The molecule has 3 rings (SSSR count). The Morgan fingerprint density at radius 2 is 2.13 bits per heavy atom. The molecule has 5 nitrogen and oxygen atoms in total. The van der Waals surface area contributed by atoms with E-state index < -0.39 is 0 Å². The lowest BCUT2D eigenvalue weighted by atomic mass is 10.2. The van der Waals surface area contributed by atoms with Crippen LogP contribution in [-0.2, 0) is 6.54 Å². The Morgan fingerprint density at radius 3 is 2.78 bits per heavy atom. The van der Waals surface area contributed by atoms with Crippen LogP contribution in [0.5, 0.6) is 0 Å². The maximum absolute atomic E-state index is 12.1. The second-order valence-electron chi connectivity index (χ2n) is 5.01. The second-order valence-corrected chi connectivity index (χ2v) is 6.23. The number of carbonyl (C=O) groups excluding carboxylic acids is 1. The standard InChI is InChI=1S/C16H13BrClN3O2/c1-10-6-14(17)23-15(10)16(22)19-7-11-8-20-21(9-11)13-4-2-12(18)3-5-13/h2-6,8-9H,7H2,1H3,(H,19,22). The molecule has 0 atom stereocenters. The largest absolute Gasteiger partial charge is 0.444 e. The van der Waals surface area contributed by atoms with Gasteiger partial charge in [-0.1, -0.05) is 11.6 Å². The number of aryl methyl sites for hydroxylation is 1. The fourth-order valence-electron chi connectivity index (χ4n) is 2.12. The van der Waals surface area contributed by atoms with Gasteiger partial charge in [0.25, 0.3) is 5.91 Å². The van der Waals surface area contributed by atoms with Crippen LogP contribution in [0, 0.1) is 6.92 Å². The Labute approximate surface area is 146 Å². The van der Waals surface area contributed by atoms with Crippen molar-refractivity contribution in [1.29, 1.82) is 0 Å². The van der Waals surface area contributed by atoms with E-state index >= 15 is 0 Å². The van der Waals surface area contributed by atoms with Gasteiger partial charge < -0.3 is 9.73 Å². The lowest BCUT2D eigenvalue weighted by Gasteiger charge is -2.02. The Morgan fingerprint density at radius 1 is 1.39 bits per heavy atom. The topological polar surface area (TPSA) is 60.1 Å². The van der Waals surface area contributed by atoms with Gasteiger partial charge in [0.2, 0.25) is 0 Å². The molecule has 0 spiro atoms. The van der Waals surface area contributed by atoms with Crippen molar-refractivity contribution >= 4 is 33.4 Å². The number of rotatable bonds is 4. The van der Waals surface area contributed by atoms with Gasteiger partial charge in [-0.25, -0.2) is 4.68 Å². The first-order valence-electron chi connectivity index (χ1n) is 6.86. The summed E-state index contributed by atoms with van der Waals surface area (Å²) in [5, 5.41) is 7.77. The molecule has 1 amide bonds. The van der Waals surface area contributed by atoms with Crippen LogP contribution in [0.4, 0.5) is 0 Å². The Balaban J connectivity index is 1.66. The van der Waals surface area contributed by atoms with E-state index in [4.69, 9.17) is 16.0 Å². The van der Waals surface area contributed by atoms with Gasteiger partial charge in [-0.2, -0.15) is 5.10 Å². The molecule has 0 fully saturated rings. The molecule has 2 heterocycles. The third-order valence-electron chi connectivity index (χ3n) is 3.27. The number of nitrogens with one attached hydrogen (secondary N) is 1. The third-order valence-corrected chi connectivity index (χ3v) is 3.92. The Kier molecular flexibility index (Phi) is 4.54. The monoisotopic (exact) mass is 393 g/mol. The SMILES string of the molecule is Cc1cc(Br)oc1C(=O)NCc1cnn(-c2ccc(Cl)cc2)c1. The van der Waals surface area contributed by atoms with E-state index in [0.717, 1.165) is 16.8 Å². The van der Waals surface area contributed by atoms with Crippen LogP contribution in [0.1, 0.15) is 21.7 Å². The molecule has 7 heteroatoms. The number of carbonyl (C=O) groups is 1. The number of amides is 1. The predicted molar refractivity (Wildman–Crippen MR) is 90.9 cm³/mol. The minimum atomic E-state index is -0.257. The minimum Gasteiger partial charge on any atom is -0.444 e. The van der Waals surface area contributed by atoms with Gasteiger partial charge >= 0.3 is 0 Å². The molecule has 118 valence electrons. The van der Waals surface area contributed by atoms with Gasteiger partial charge in [0.05, 0.1) is 11.9 Å². The third kappa shape index (κ3) is 3.65. The maximum atomic E-state index is 12.1. The summed E-state index contributed by atoms with van der Waals surface area (Å²) in [5.74, 6) is 0.0504. The normalized spacial score (nSPS) is 10.7. The van der Waals surface area contributed by atoms with Gasteiger partial charge in [0, 0.05) is 28.9 Å². The fraction of sp³-hybridized carbons (Fsp3) is 0.125. The zero-order valence-corrected chi connectivity index (χ0v) is 14.6. The van der Waals surface area contributed by atoms with Gasteiger partial charge in [-0.3, -0.25) is 4.79 Å². The molecule has 3 aromatic rings. The average Bonchev–Trinajstić information content (AvgIpc) is 3.12. The summed E-state index contributed by atoms with van der Waals surface area (Å²) >= 11 is 9.08. The average molecular weight is 395 g/mol. The van der Waals surface area contributed by atoms with Gasteiger partial charge in [0.15, 0.2) is 10.4 Å². The molecule has 23 heavy (non-hydrogen) atoms. The summed E-state index contributed by atoms with van der Waals surface area (Å²) in [6.07, 6.45) is 3.56. The highest BCUT2D eigenvalue weighted by atomic mass is 79.9. The summed E-state index contributed by atoms with van der Waals surface area (Å²) in [4.78, 5) is 12.1. The molecule has 0 unspecified atom stereocenters. The highest BCUT2D eigenvalue weighted by molar-refractivity contribution is 9.10. The van der Waals surface area contributed by atoms with Crippen molar-refractivity contribution in [3.8, 4) is 5.69 Å². The summed E-state index contributed by atoms with van der Waals surface area (Å²) in [6.45, 7) is 2.19. The van der Waals surface area contributed by atoms with E-state index in [9.17, 15) is 4.79 Å². The van der Waals surface area contributed by atoms with Crippen molar-refractivity contribution in [3.05, 3.63) is 69.3 Å². The first-order chi connectivity index (χ1) is 11.0. The molecule has 0 bridgehead atoms. The van der Waals surface area contributed by atoms with Crippen molar-refractivity contribution in [2.45, 2.75) is 13.5 Å². The smallest absolute Gasteiger partial charge is 0.287 e. The van der Waals surface area contributed by atoms with Gasteiger partial charge in [-0.05, 0) is 53.2 Å². The summed E-state index contributed by atoms with van der Waals surface area (Å²) in [6, 6.07) is 9.12. The van der Waals surface area contributed by atoms with E-state index in [1.807, 2.05) is 25.3 Å². The van der Waals surface area contributed by atoms with Crippen LogP contribution >= 0.6 is 27.5 Å². The molecule has 0 aliphatic rings. The van der Waals surface area contributed by atoms with Crippen LogP contribution in [0.3, 0.4) is 0 Å². The quantitative estimate of drug-likeness (QED) is 0.724. The van der Waals surface area contributed by atoms with Crippen LogP contribution in [0.25, 0.3) is 5.69 Å². The molecule has 0 saturated carbocycles. The molecule has 1 N–H and O–H groups in total. The van der Waals surface area contributed by atoms with Crippen molar-refractivity contribution in [2.75, 3.05) is 0 Å². The molecular weight excluding hydrogens is 382 g/mol. The lowest BCUT2D eigenvalue weighted by Crippen LogP contribution is -2.22. The molecule has 1 aromatic carbocycles. The predicted octanol–water partition coefficient (Wildman–Crippen LogP) is 4.12. The number of furan rings is 1. The van der Waals surface area contributed by atoms with Crippen molar-refractivity contribution < 1.29 is 9.21 Å². The van der Waals surface area contributed by atoms with Crippen LogP contribution in [0.2, 0.25) is 5.02 Å². The number of aromatic nitrogens is 2. The summed E-state index contributed by atoms with van der Waals surface area (Å²) < 4.78 is 7.59. The fourth-order valence-corrected chi connectivity index (χ4v) is 2.75. The van der Waals surface area contributed by atoms with Crippen LogP contribution in [0.15, 0.2) is 51.8 Å². The molecule has 0 radical (unpaired) electrons. The number of halogens is 2. The zero-order valence-electron chi connectivity index (χ0n) is 12.2. The molecule has 0 aliphatic heterocycles. The number of nitrogens with zero attached hydrogens (tertiary/aromatic N) is 2. The Bertz CT molecular complexity index is 839. The highest BCUT2D eigenvalue weighted by Gasteiger charge is 2.14. The molecule has 0 saturated heterocycles. The van der Waals surface area contributed by atoms with Gasteiger partial charge in [0.1, 0.15) is 0 Å².